The zero-order valence-electron chi connectivity index (χ0n) is 11.3. The quantitative estimate of drug-likeness (QED) is 0.898. The second kappa shape index (κ2) is 6.42. The molecule has 118 valence electrons. The molecule has 1 heterocycles. The van der Waals surface area contributed by atoms with E-state index in [-0.39, 0.29) is 18.6 Å². The number of piperidine rings is 1. The summed E-state index contributed by atoms with van der Waals surface area (Å²) in [5, 5.41) is 19.5. The minimum Gasteiger partial charge on any atom is -0.508 e. The van der Waals surface area contributed by atoms with Crippen LogP contribution in [0.1, 0.15) is 18.4 Å². The number of hydrogen-bond acceptors (Lipinski definition) is 3. The monoisotopic (exact) mass is 323 g/mol. The zero-order chi connectivity index (χ0) is 15.6. The number of halogens is 4. The molecule has 21 heavy (non-hydrogen) atoms. The molecule has 0 spiro atoms. The molecule has 1 aliphatic rings. The first-order chi connectivity index (χ1) is 9.77. The molecule has 2 rings (SSSR count). The van der Waals surface area contributed by atoms with E-state index >= 15 is 0 Å². The van der Waals surface area contributed by atoms with Gasteiger partial charge in [-0.2, -0.15) is 13.2 Å². The Morgan fingerprint density at radius 2 is 1.90 bits per heavy atom. The van der Waals surface area contributed by atoms with Crippen LogP contribution in [-0.2, 0) is 6.54 Å². The lowest BCUT2D eigenvalue weighted by Gasteiger charge is -2.34. The minimum atomic E-state index is -4.56. The van der Waals surface area contributed by atoms with Crippen LogP contribution in [0, 0.1) is 5.92 Å². The lowest BCUT2D eigenvalue weighted by molar-refractivity contribution is -0.223. The van der Waals surface area contributed by atoms with E-state index in [4.69, 9.17) is 11.6 Å². The minimum absolute atomic E-state index is 0.122. The summed E-state index contributed by atoms with van der Waals surface area (Å²) >= 11 is 5.86. The van der Waals surface area contributed by atoms with Crippen LogP contribution in [0.15, 0.2) is 18.2 Å². The van der Waals surface area contributed by atoms with Gasteiger partial charge in [0.15, 0.2) is 6.10 Å². The number of phenolic OH excluding ortho intramolecular Hbond substituents is 1. The van der Waals surface area contributed by atoms with E-state index in [9.17, 15) is 23.4 Å². The molecular formula is C14H17ClF3NO2. The maximum absolute atomic E-state index is 12.5. The van der Waals surface area contributed by atoms with Gasteiger partial charge in [-0.05, 0) is 50.0 Å². The Morgan fingerprint density at radius 1 is 1.29 bits per heavy atom. The van der Waals surface area contributed by atoms with Gasteiger partial charge in [0, 0.05) is 17.1 Å². The van der Waals surface area contributed by atoms with Crippen molar-refractivity contribution in [2.75, 3.05) is 13.1 Å². The molecule has 1 aliphatic heterocycles. The van der Waals surface area contributed by atoms with Gasteiger partial charge in [-0.3, -0.25) is 4.90 Å². The van der Waals surface area contributed by atoms with Gasteiger partial charge in [-0.15, -0.1) is 0 Å². The van der Waals surface area contributed by atoms with E-state index < -0.39 is 18.2 Å². The summed E-state index contributed by atoms with van der Waals surface area (Å²) in [6, 6.07) is 4.72. The van der Waals surface area contributed by atoms with Crippen molar-refractivity contribution in [3.63, 3.8) is 0 Å². The molecule has 1 aromatic rings. The molecule has 1 aromatic carbocycles. The van der Waals surface area contributed by atoms with Crippen molar-refractivity contribution in [2.24, 2.45) is 5.92 Å². The van der Waals surface area contributed by atoms with Crippen molar-refractivity contribution in [1.29, 1.82) is 0 Å². The Labute approximate surface area is 125 Å². The summed E-state index contributed by atoms with van der Waals surface area (Å²) in [5.41, 5.74) is 0.650. The summed E-state index contributed by atoms with van der Waals surface area (Å²) in [6.07, 6.45) is -6.25. The Kier molecular flexibility index (Phi) is 5.01. The number of aliphatic hydroxyl groups is 1. The molecule has 1 fully saturated rings. The lowest BCUT2D eigenvalue weighted by Crippen LogP contribution is -2.43. The van der Waals surface area contributed by atoms with Crippen LogP contribution in [0.3, 0.4) is 0 Å². The van der Waals surface area contributed by atoms with E-state index in [1.165, 1.54) is 6.07 Å². The zero-order valence-corrected chi connectivity index (χ0v) is 12.0. The van der Waals surface area contributed by atoms with Crippen molar-refractivity contribution in [2.45, 2.75) is 31.7 Å². The smallest absolute Gasteiger partial charge is 0.414 e. The standard InChI is InChI=1S/C14H17ClF3NO2/c15-11-1-2-12(20)10(7-11)8-19-5-3-9(4-6-19)13(21)14(16,17)18/h1-2,7,9,13,20-21H,3-6,8H2. The summed E-state index contributed by atoms with van der Waals surface area (Å²) in [7, 11) is 0. The fourth-order valence-corrected chi connectivity index (χ4v) is 2.81. The maximum atomic E-state index is 12.5. The average Bonchev–Trinajstić information content (AvgIpc) is 2.42. The van der Waals surface area contributed by atoms with Crippen molar-refractivity contribution in [3.8, 4) is 5.75 Å². The van der Waals surface area contributed by atoms with Crippen LogP contribution >= 0.6 is 11.6 Å². The molecule has 7 heteroatoms. The predicted octanol–water partition coefficient (Wildman–Crippen LogP) is 3.18. The number of aliphatic hydroxyl groups excluding tert-OH is 1. The first-order valence-corrected chi connectivity index (χ1v) is 7.09. The summed E-state index contributed by atoms with van der Waals surface area (Å²) in [4.78, 5) is 1.95. The molecule has 0 aliphatic carbocycles. The number of likely N-dealkylation sites (tertiary alicyclic amines) is 1. The van der Waals surface area contributed by atoms with E-state index in [0.29, 0.717) is 30.2 Å². The highest BCUT2D eigenvalue weighted by Crippen LogP contribution is 2.32. The van der Waals surface area contributed by atoms with Gasteiger partial charge >= 0.3 is 6.18 Å². The molecule has 0 bridgehead atoms. The molecule has 1 saturated heterocycles. The number of rotatable bonds is 3. The fraction of sp³-hybridized carbons (Fsp3) is 0.571. The predicted molar refractivity (Wildman–Crippen MR) is 73.2 cm³/mol. The van der Waals surface area contributed by atoms with Gasteiger partial charge in [-0.25, -0.2) is 0 Å². The topological polar surface area (TPSA) is 43.7 Å². The molecular weight excluding hydrogens is 307 g/mol. The van der Waals surface area contributed by atoms with Gasteiger partial charge in [0.2, 0.25) is 0 Å². The summed E-state index contributed by atoms with van der Waals surface area (Å²) in [5.74, 6) is -0.633. The SMILES string of the molecule is Oc1ccc(Cl)cc1CN1CCC(C(O)C(F)(F)F)CC1. The van der Waals surface area contributed by atoms with Gasteiger partial charge in [0.25, 0.3) is 0 Å². The lowest BCUT2D eigenvalue weighted by atomic mass is 9.90. The molecule has 0 radical (unpaired) electrons. The highest BCUT2D eigenvalue weighted by Gasteiger charge is 2.44. The van der Waals surface area contributed by atoms with E-state index in [1.54, 1.807) is 12.1 Å². The van der Waals surface area contributed by atoms with Crippen molar-refractivity contribution < 1.29 is 23.4 Å². The molecule has 0 saturated carbocycles. The second-order valence-electron chi connectivity index (χ2n) is 5.37. The number of aromatic hydroxyl groups is 1. The number of benzene rings is 1. The van der Waals surface area contributed by atoms with Gasteiger partial charge in [-0.1, -0.05) is 11.6 Å². The van der Waals surface area contributed by atoms with Crippen LogP contribution in [0.4, 0.5) is 13.2 Å². The highest BCUT2D eigenvalue weighted by atomic mass is 35.5. The van der Waals surface area contributed by atoms with Crippen LogP contribution in [0.5, 0.6) is 5.75 Å². The first-order valence-electron chi connectivity index (χ1n) is 6.72. The van der Waals surface area contributed by atoms with E-state index in [2.05, 4.69) is 0 Å². The Balaban J connectivity index is 1.91. The second-order valence-corrected chi connectivity index (χ2v) is 5.81. The van der Waals surface area contributed by atoms with Crippen LogP contribution in [0.25, 0.3) is 0 Å². The molecule has 0 aromatic heterocycles. The number of alkyl halides is 3. The molecule has 0 amide bonds. The average molecular weight is 324 g/mol. The number of hydrogen-bond donors (Lipinski definition) is 2. The highest BCUT2D eigenvalue weighted by molar-refractivity contribution is 6.30. The Morgan fingerprint density at radius 3 is 2.48 bits per heavy atom. The van der Waals surface area contributed by atoms with Gasteiger partial charge in [0.1, 0.15) is 5.75 Å². The van der Waals surface area contributed by atoms with Crippen molar-refractivity contribution >= 4 is 11.6 Å². The van der Waals surface area contributed by atoms with Gasteiger partial charge < -0.3 is 10.2 Å². The summed E-state index contributed by atoms with van der Waals surface area (Å²) < 4.78 is 37.4. The third kappa shape index (κ3) is 4.25. The van der Waals surface area contributed by atoms with E-state index in [1.807, 2.05) is 4.90 Å². The van der Waals surface area contributed by atoms with Crippen molar-refractivity contribution in [1.82, 2.24) is 4.90 Å². The number of phenols is 1. The largest absolute Gasteiger partial charge is 0.508 e. The first kappa shape index (κ1) is 16.4. The normalized spacial score (nSPS) is 19.7. The maximum Gasteiger partial charge on any atom is 0.414 e. The molecule has 1 unspecified atom stereocenters. The summed E-state index contributed by atoms with van der Waals surface area (Å²) in [6.45, 7) is 1.33. The third-order valence-electron chi connectivity index (χ3n) is 3.85. The Hall–Kier alpha value is -0.980. The van der Waals surface area contributed by atoms with Crippen LogP contribution in [0.2, 0.25) is 5.02 Å². The number of nitrogens with zero attached hydrogens (tertiary/aromatic N) is 1. The van der Waals surface area contributed by atoms with Crippen LogP contribution in [-0.4, -0.2) is 40.5 Å². The third-order valence-corrected chi connectivity index (χ3v) is 4.08. The molecule has 2 N–H and O–H groups in total. The molecule has 1 atom stereocenters. The fourth-order valence-electron chi connectivity index (χ4n) is 2.62. The van der Waals surface area contributed by atoms with Crippen molar-refractivity contribution in [3.05, 3.63) is 28.8 Å². The van der Waals surface area contributed by atoms with Gasteiger partial charge in [0.05, 0.1) is 0 Å². The Bertz CT molecular complexity index is 488. The molecule has 3 nitrogen and oxygen atoms in total. The van der Waals surface area contributed by atoms with E-state index in [0.717, 1.165) is 0 Å². The van der Waals surface area contributed by atoms with Crippen LogP contribution < -0.4 is 0 Å².